The quantitative estimate of drug-likeness (QED) is 0.480. The van der Waals surface area contributed by atoms with Crippen LogP contribution in [0.4, 0.5) is 13.2 Å². The molecule has 1 heterocycles. The predicted molar refractivity (Wildman–Crippen MR) is 103 cm³/mol. The van der Waals surface area contributed by atoms with E-state index >= 15 is 0 Å². The van der Waals surface area contributed by atoms with Gasteiger partial charge in [-0.25, -0.2) is 9.69 Å². The van der Waals surface area contributed by atoms with Crippen molar-refractivity contribution >= 4 is 17.0 Å². The molecule has 2 N–H and O–H groups in total. The Balaban J connectivity index is 0.00000218. The Hall–Kier alpha value is -1.89. The molecule has 12 heteroatoms. The number of hydroxylamine groups is 3. The second-order valence-corrected chi connectivity index (χ2v) is 8.17. The summed E-state index contributed by atoms with van der Waals surface area (Å²) in [5, 5.41) is 10.1. The molecule has 0 spiro atoms. The second-order valence-electron chi connectivity index (χ2n) is 6.53. The van der Waals surface area contributed by atoms with Gasteiger partial charge in [0.1, 0.15) is 22.4 Å². The molecule has 0 saturated carbocycles. The van der Waals surface area contributed by atoms with E-state index in [2.05, 4.69) is 4.74 Å². The fraction of sp³-hybridized carbons (Fsp3) is 0.611. The van der Waals surface area contributed by atoms with E-state index in [4.69, 9.17) is 14.2 Å². The van der Waals surface area contributed by atoms with Crippen LogP contribution in [-0.2, 0) is 20.2 Å². The van der Waals surface area contributed by atoms with Crippen LogP contribution in [0.1, 0.15) is 40.5 Å². The van der Waals surface area contributed by atoms with Crippen LogP contribution in [-0.4, -0.2) is 50.7 Å². The van der Waals surface area contributed by atoms with Gasteiger partial charge < -0.3 is 9.47 Å². The summed E-state index contributed by atoms with van der Waals surface area (Å²) in [6.07, 6.45) is -3.91. The highest BCUT2D eigenvalue weighted by Gasteiger charge is 2.38. The molecule has 1 unspecified atom stereocenters. The normalized spacial score (nSPS) is 16.8. The van der Waals surface area contributed by atoms with Crippen molar-refractivity contribution in [2.75, 3.05) is 13.1 Å². The highest BCUT2D eigenvalue weighted by Crippen LogP contribution is 2.26. The van der Waals surface area contributed by atoms with Crippen LogP contribution < -0.4 is 15.0 Å². The Labute approximate surface area is 175 Å². The average molecular weight is 456 g/mol. The number of ether oxygens (including phenoxy) is 2. The maximum absolute atomic E-state index is 12.2. The first-order chi connectivity index (χ1) is 14.0. The summed E-state index contributed by atoms with van der Waals surface area (Å²) < 4.78 is 62.0. The van der Waals surface area contributed by atoms with Gasteiger partial charge in [0.25, 0.3) is 5.91 Å². The highest BCUT2D eigenvalue weighted by atomic mass is 32.2. The Morgan fingerprint density at radius 3 is 2.10 bits per heavy atom. The highest BCUT2D eigenvalue weighted by molar-refractivity contribution is 7.82. The minimum atomic E-state index is -4.75. The van der Waals surface area contributed by atoms with Crippen molar-refractivity contribution in [3.8, 4) is 11.5 Å². The molecule has 8 nitrogen and oxygen atoms in total. The molecular formula is C18H27F3N2O6S. The number of rotatable bonds is 7. The summed E-state index contributed by atoms with van der Waals surface area (Å²) in [6, 6.07) is 5.10. The van der Waals surface area contributed by atoms with Crippen molar-refractivity contribution in [1.29, 1.82) is 0 Å². The molecule has 2 rings (SSSR count). The Morgan fingerprint density at radius 1 is 1.13 bits per heavy atom. The first-order valence-corrected chi connectivity index (χ1v) is 10.4. The van der Waals surface area contributed by atoms with Crippen LogP contribution in [0.5, 0.6) is 11.5 Å². The summed E-state index contributed by atoms with van der Waals surface area (Å²) in [5.41, 5.74) is 1.45. The molecule has 0 aliphatic carbocycles. The number of nitrogens with zero attached hydrogens (tertiary/aromatic N) is 1. The largest absolute Gasteiger partial charge is 0.573 e. The standard InChI is InChI=1S/C16H21F3N2O6S.C2H6/c1-15(2,14(22)20-23)28(24)27-21-9-7-12(8-10-21)25-11-3-5-13(6-4-11)26-16(17,18)19;1-2/h3-6,12,23H,7-10H2,1-2H3,(H,20,22);1-2H3. The number of benzene rings is 1. The number of carbonyl (C=O) groups excluding carboxylic acids is 1. The summed E-state index contributed by atoms with van der Waals surface area (Å²) in [7, 11) is 0. The predicted octanol–water partition coefficient (Wildman–Crippen LogP) is 3.33. The second kappa shape index (κ2) is 11.5. The lowest BCUT2D eigenvalue weighted by atomic mass is 10.1. The summed E-state index contributed by atoms with van der Waals surface area (Å²) in [4.78, 5) is 11.5. The van der Waals surface area contributed by atoms with Crippen LogP contribution in [0, 0.1) is 0 Å². The number of hydrogen-bond acceptors (Lipinski definition) is 7. The fourth-order valence-electron chi connectivity index (χ4n) is 2.34. The molecule has 30 heavy (non-hydrogen) atoms. The molecule has 1 aromatic rings. The Morgan fingerprint density at radius 2 is 1.63 bits per heavy atom. The van der Waals surface area contributed by atoms with Gasteiger partial charge in [0.15, 0.2) is 11.1 Å². The number of hydrogen-bond donors (Lipinski definition) is 2. The van der Waals surface area contributed by atoms with Gasteiger partial charge in [0, 0.05) is 13.1 Å². The van der Waals surface area contributed by atoms with E-state index in [-0.39, 0.29) is 11.9 Å². The number of alkyl halides is 3. The molecule has 0 radical (unpaired) electrons. The Bertz CT molecular complexity index is 692. The summed E-state index contributed by atoms with van der Waals surface area (Å²) >= 11 is -2.01. The lowest BCUT2D eigenvalue weighted by Crippen LogP contribution is -2.47. The van der Waals surface area contributed by atoms with Crippen LogP contribution in [0.2, 0.25) is 0 Å². The lowest BCUT2D eigenvalue weighted by molar-refractivity contribution is -0.274. The molecule has 1 aliphatic rings. The molecule has 172 valence electrons. The lowest BCUT2D eigenvalue weighted by Gasteiger charge is -2.32. The van der Waals surface area contributed by atoms with Crippen molar-refractivity contribution in [1.82, 2.24) is 10.5 Å². The molecule has 1 aliphatic heterocycles. The van der Waals surface area contributed by atoms with E-state index in [1.165, 1.54) is 48.7 Å². The maximum Gasteiger partial charge on any atom is 0.573 e. The zero-order chi connectivity index (χ0) is 22.9. The van der Waals surface area contributed by atoms with Crippen LogP contribution in [0.3, 0.4) is 0 Å². The Kier molecular flexibility index (Phi) is 10.0. The van der Waals surface area contributed by atoms with Gasteiger partial charge in [-0.15, -0.1) is 13.2 Å². The molecular weight excluding hydrogens is 429 g/mol. The minimum absolute atomic E-state index is 0.198. The molecule has 0 bridgehead atoms. The van der Waals surface area contributed by atoms with Gasteiger partial charge in [0.05, 0.1) is 0 Å². The van der Waals surface area contributed by atoms with E-state index in [1.54, 1.807) is 0 Å². The molecule has 0 aromatic heterocycles. The van der Waals surface area contributed by atoms with E-state index in [0.29, 0.717) is 31.7 Å². The summed E-state index contributed by atoms with van der Waals surface area (Å²) in [6.45, 7) is 7.50. The SMILES string of the molecule is CC.CC(C)(C(=O)NO)S(=O)ON1CCC(Oc2ccc(OC(F)(F)F)cc2)CC1. The van der Waals surface area contributed by atoms with Gasteiger partial charge in [-0.05, 0) is 51.0 Å². The number of amides is 1. The van der Waals surface area contributed by atoms with Gasteiger partial charge in [0.2, 0.25) is 0 Å². The average Bonchev–Trinajstić information content (AvgIpc) is 2.70. The molecule has 1 aromatic carbocycles. The topological polar surface area (TPSA) is 97.3 Å². The molecule has 1 amide bonds. The van der Waals surface area contributed by atoms with Gasteiger partial charge in [-0.3, -0.25) is 10.0 Å². The molecule has 1 fully saturated rings. The zero-order valence-electron chi connectivity index (χ0n) is 17.2. The van der Waals surface area contributed by atoms with E-state index in [1.807, 2.05) is 13.8 Å². The minimum Gasteiger partial charge on any atom is -0.490 e. The maximum atomic E-state index is 12.2. The van der Waals surface area contributed by atoms with Crippen LogP contribution in [0.15, 0.2) is 24.3 Å². The zero-order valence-corrected chi connectivity index (χ0v) is 18.0. The van der Waals surface area contributed by atoms with Gasteiger partial charge in [-0.2, -0.15) is 9.35 Å². The third-order valence-electron chi connectivity index (χ3n) is 4.00. The smallest absolute Gasteiger partial charge is 0.490 e. The monoisotopic (exact) mass is 456 g/mol. The van der Waals surface area contributed by atoms with Crippen molar-refractivity contribution in [3.05, 3.63) is 24.3 Å². The van der Waals surface area contributed by atoms with Crippen LogP contribution >= 0.6 is 0 Å². The number of halogens is 3. The van der Waals surface area contributed by atoms with Crippen molar-refractivity contribution < 1.29 is 41.1 Å². The summed E-state index contributed by atoms with van der Waals surface area (Å²) in [5.74, 6) is -0.764. The van der Waals surface area contributed by atoms with Gasteiger partial charge >= 0.3 is 6.36 Å². The first-order valence-electron chi connectivity index (χ1n) is 9.33. The van der Waals surface area contributed by atoms with Crippen molar-refractivity contribution in [2.24, 2.45) is 0 Å². The van der Waals surface area contributed by atoms with Gasteiger partial charge in [-0.1, -0.05) is 13.8 Å². The number of nitrogens with one attached hydrogen (secondary N) is 1. The van der Waals surface area contributed by atoms with E-state index in [0.717, 1.165) is 0 Å². The first kappa shape index (κ1) is 26.1. The van der Waals surface area contributed by atoms with Crippen molar-refractivity contribution in [2.45, 2.75) is 57.7 Å². The third-order valence-corrected chi connectivity index (χ3v) is 5.36. The molecule has 1 saturated heterocycles. The van der Waals surface area contributed by atoms with E-state index < -0.39 is 28.1 Å². The molecule has 1 atom stereocenters. The number of piperidine rings is 1. The third kappa shape index (κ3) is 8.09. The van der Waals surface area contributed by atoms with Crippen molar-refractivity contribution in [3.63, 3.8) is 0 Å². The van der Waals surface area contributed by atoms with Crippen LogP contribution in [0.25, 0.3) is 0 Å². The van der Waals surface area contributed by atoms with E-state index in [9.17, 15) is 22.2 Å². The number of carbonyl (C=O) groups is 1. The fourth-order valence-corrected chi connectivity index (χ4v) is 3.06.